The predicted molar refractivity (Wildman–Crippen MR) is 77.2 cm³/mol. The minimum absolute atomic E-state index is 0.0968. The van der Waals surface area contributed by atoms with Gasteiger partial charge >= 0.3 is 0 Å². The molecule has 2 saturated heterocycles. The lowest BCUT2D eigenvalue weighted by atomic mass is 9.70. The number of nitrogens with one attached hydrogen (secondary N) is 1. The van der Waals surface area contributed by atoms with Crippen molar-refractivity contribution < 1.29 is 9.53 Å². The quantitative estimate of drug-likeness (QED) is 0.836. The van der Waals surface area contributed by atoms with Gasteiger partial charge in [0.1, 0.15) is 5.78 Å². The highest BCUT2D eigenvalue weighted by molar-refractivity contribution is 5.86. The van der Waals surface area contributed by atoms with E-state index < -0.39 is 0 Å². The molecule has 1 unspecified atom stereocenters. The van der Waals surface area contributed by atoms with Crippen molar-refractivity contribution in [1.82, 2.24) is 5.32 Å². The molecule has 3 atom stereocenters. The third-order valence-electron chi connectivity index (χ3n) is 4.92. The maximum absolute atomic E-state index is 12.9. The molecular formula is C16H29NO2. The Bertz CT molecular complexity index is 310. The first-order valence-electron chi connectivity index (χ1n) is 7.92. The highest BCUT2D eigenvalue weighted by Gasteiger charge is 2.39. The summed E-state index contributed by atoms with van der Waals surface area (Å²) in [5.41, 5.74) is -0.0968. The summed E-state index contributed by atoms with van der Waals surface area (Å²) >= 11 is 0. The molecule has 0 radical (unpaired) electrons. The lowest BCUT2D eigenvalue weighted by Gasteiger charge is -2.37. The van der Waals surface area contributed by atoms with Gasteiger partial charge in [0.15, 0.2) is 0 Å². The molecule has 3 heteroatoms. The first kappa shape index (κ1) is 15.0. The maximum Gasteiger partial charge on any atom is 0.142 e. The van der Waals surface area contributed by atoms with Crippen LogP contribution in [0.1, 0.15) is 59.3 Å². The molecule has 19 heavy (non-hydrogen) atoms. The van der Waals surface area contributed by atoms with Crippen LogP contribution in [-0.4, -0.2) is 31.1 Å². The summed E-state index contributed by atoms with van der Waals surface area (Å²) in [5.74, 6) is 0.713. The van der Waals surface area contributed by atoms with Gasteiger partial charge in [0.25, 0.3) is 0 Å². The molecule has 0 spiro atoms. The fraction of sp³-hybridized carbons (Fsp3) is 0.938. The van der Waals surface area contributed by atoms with Crippen molar-refractivity contribution in [1.29, 1.82) is 0 Å². The average Bonchev–Trinajstić information content (AvgIpc) is 2.35. The summed E-state index contributed by atoms with van der Waals surface area (Å²) in [7, 11) is 0. The second kappa shape index (κ2) is 6.36. The van der Waals surface area contributed by atoms with Crippen LogP contribution in [-0.2, 0) is 9.53 Å². The number of ketones is 1. The van der Waals surface area contributed by atoms with E-state index >= 15 is 0 Å². The summed E-state index contributed by atoms with van der Waals surface area (Å²) in [6, 6.07) is 0. The van der Waals surface area contributed by atoms with Crippen LogP contribution in [0.3, 0.4) is 0 Å². The van der Waals surface area contributed by atoms with Gasteiger partial charge in [0.2, 0.25) is 0 Å². The molecule has 2 fully saturated rings. The van der Waals surface area contributed by atoms with Gasteiger partial charge in [-0.2, -0.15) is 0 Å². The third-order valence-corrected chi connectivity index (χ3v) is 4.92. The number of Topliss-reactive ketones (excluding diaryl/α,β-unsaturated/α-hetero) is 1. The zero-order valence-electron chi connectivity index (χ0n) is 12.7. The molecule has 0 aromatic rings. The predicted octanol–water partition coefficient (Wildman–Crippen LogP) is 2.93. The number of ether oxygens (including phenoxy) is 1. The molecule has 0 amide bonds. The fourth-order valence-electron chi connectivity index (χ4n) is 3.65. The van der Waals surface area contributed by atoms with Crippen molar-refractivity contribution in [3.05, 3.63) is 0 Å². The van der Waals surface area contributed by atoms with Gasteiger partial charge in [-0.1, -0.05) is 13.3 Å². The average molecular weight is 267 g/mol. The van der Waals surface area contributed by atoms with Gasteiger partial charge in [-0.05, 0) is 59.0 Å². The van der Waals surface area contributed by atoms with E-state index in [1.807, 2.05) is 0 Å². The molecule has 0 aromatic carbocycles. The van der Waals surface area contributed by atoms with Gasteiger partial charge in [0.05, 0.1) is 12.2 Å². The zero-order valence-corrected chi connectivity index (χ0v) is 12.7. The Morgan fingerprint density at radius 2 is 1.84 bits per heavy atom. The van der Waals surface area contributed by atoms with Crippen molar-refractivity contribution in [2.24, 2.45) is 11.3 Å². The first-order valence-corrected chi connectivity index (χ1v) is 7.92. The minimum Gasteiger partial charge on any atom is -0.376 e. The lowest BCUT2D eigenvalue weighted by Crippen LogP contribution is -2.43. The van der Waals surface area contributed by atoms with Crippen LogP contribution in [0.4, 0.5) is 0 Å². The second-order valence-electron chi connectivity index (χ2n) is 6.80. The van der Waals surface area contributed by atoms with Crippen molar-refractivity contribution in [2.45, 2.75) is 71.5 Å². The van der Waals surface area contributed by atoms with E-state index in [2.05, 4.69) is 26.1 Å². The molecule has 2 heterocycles. The Morgan fingerprint density at radius 1 is 1.16 bits per heavy atom. The minimum atomic E-state index is -0.0968. The second-order valence-corrected chi connectivity index (χ2v) is 6.80. The Balaban J connectivity index is 2.00. The van der Waals surface area contributed by atoms with E-state index in [-0.39, 0.29) is 17.4 Å². The molecule has 1 N–H and O–H groups in total. The molecule has 110 valence electrons. The van der Waals surface area contributed by atoms with E-state index in [1.165, 1.54) is 0 Å². The molecule has 0 aromatic heterocycles. The Morgan fingerprint density at radius 3 is 2.53 bits per heavy atom. The Kier molecular flexibility index (Phi) is 5.02. The van der Waals surface area contributed by atoms with Crippen molar-refractivity contribution in [3.63, 3.8) is 0 Å². The third kappa shape index (κ3) is 3.79. The summed E-state index contributed by atoms with van der Waals surface area (Å²) in [6.45, 7) is 8.40. The van der Waals surface area contributed by atoms with E-state index in [4.69, 9.17) is 4.74 Å². The van der Waals surface area contributed by atoms with Crippen LogP contribution in [0.5, 0.6) is 0 Å². The van der Waals surface area contributed by atoms with Crippen molar-refractivity contribution >= 4 is 5.78 Å². The molecule has 2 rings (SSSR count). The zero-order chi connectivity index (χ0) is 13.9. The number of hydrogen-bond donors (Lipinski definition) is 1. The van der Waals surface area contributed by atoms with E-state index in [9.17, 15) is 4.79 Å². The van der Waals surface area contributed by atoms with Crippen molar-refractivity contribution in [3.8, 4) is 0 Å². The standard InChI is InChI=1S/C16H29NO2/c1-12-5-4-6-14(11-13(2)19-12)15(18)16(3)7-9-17-10-8-16/h12-14,17H,4-11H2,1-3H3/t12-,13+,14?/m1/s1. The van der Waals surface area contributed by atoms with E-state index in [1.54, 1.807) is 0 Å². The van der Waals surface area contributed by atoms with Crippen LogP contribution in [0, 0.1) is 11.3 Å². The van der Waals surface area contributed by atoms with Crippen LogP contribution < -0.4 is 5.32 Å². The summed E-state index contributed by atoms with van der Waals surface area (Å²) in [5, 5.41) is 3.36. The topological polar surface area (TPSA) is 38.3 Å². The SMILES string of the molecule is C[C@@H]1CCCC(C(=O)C2(C)CCNCC2)C[C@H](C)O1. The highest BCUT2D eigenvalue weighted by Crippen LogP contribution is 2.36. The molecule has 3 nitrogen and oxygen atoms in total. The number of hydrogen-bond acceptors (Lipinski definition) is 3. The first-order chi connectivity index (χ1) is 9.01. The summed E-state index contributed by atoms with van der Waals surface area (Å²) in [4.78, 5) is 12.9. The normalized spacial score (nSPS) is 36.3. The molecule has 0 saturated carbocycles. The lowest BCUT2D eigenvalue weighted by molar-refractivity contribution is -0.136. The van der Waals surface area contributed by atoms with Gasteiger partial charge in [0, 0.05) is 11.3 Å². The number of carbonyl (C=O) groups excluding carboxylic acids is 1. The summed E-state index contributed by atoms with van der Waals surface area (Å²) in [6.07, 6.45) is 6.73. The van der Waals surface area contributed by atoms with Crippen LogP contribution in [0.15, 0.2) is 0 Å². The van der Waals surface area contributed by atoms with Gasteiger partial charge in [-0.3, -0.25) is 4.79 Å². The smallest absolute Gasteiger partial charge is 0.142 e. The summed E-state index contributed by atoms with van der Waals surface area (Å²) < 4.78 is 5.93. The largest absolute Gasteiger partial charge is 0.376 e. The molecule has 0 aliphatic carbocycles. The molecule has 2 aliphatic heterocycles. The Labute approximate surface area is 117 Å². The van der Waals surface area contributed by atoms with Gasteiger partial charge in [-0.25, -0.2) is 0 Å². The highest BCUT2D eigenvalue weighted by atomic mass is 16.5. The van der Waals surface area contributed by atoms with E-state index in [0.29, 0.717) is 11.9 Å². The molecule has 0 bridgehead atoms. The number of carbonyl (C=O) groups is 1. The van der Waals surface area contributed by atoms with Crippen LogP contribution in [0.25, 0.3) is 0 Å². The Hall–Kier alpha value is -0.410. The number of piperidine rings is 1. The van der Waals surface area contributed by atoms with Crippen LogP contribution in [0.2, 0.25) is 0 Å². The number of rotatable bonds is 2. The van der Waals surface area contributed by atoms with Crippen LogP contribution >= 0.6 is 0 Å². The maximum atomic E-state index is 12.9. The van der Waals surface area contributed by atoms with E-state index in [0.717, 1.165) is 51.6 Å². The monoisotopic (exact) mass is 267 g/mol. The fourth-order valence-corrected chi connectivity index (χ4v) is 3.65. The molecule has 2 aliphatic rings. The van der Waals surface area contributed by atoms with Crippen molar-refractivity contribution in [2.75, 3.05) is 13.1 Å². The van der Waals surface area contributed by atoms with Gasteiger partial charge in [-0.15, -0.1) is 0 Å². The van der Waals surface area contributed by atoms with Gasteiger partial charge < -0.3 is 10.1 Å². The molecular weight excluding hydrogens is 238 g/mol.